The maximum Gasteiger partial charge on any atom is 0.392 e. The van der Waals surface area contributed by atoms with E-state index >= 15 is 0 Å². The van der Waals surface area contributed by atoms with Gasteiger partial charge in [0.2, 0.25) is 0 Å². The van der Waals surface area contributed by atoms with Crippen LogP contribution in [0, 0.1) is 17.8 Å². The molecule has 0 saturated heterocycles. The smallest absolute Gasteiger partial charge is 0.327 e. The number of nitrogens with two attached hydrogens (primary N) is 1. The number of rotatable bonds is 2. The Morgan fingerprint density at radius 2 is 1.32 bits per heavy atom. The molecule has 2 aliphatic carbocycles. The van der Waals surface area contributed by atoms with Gasteiger partial charge in [-0.2, -0.15) is 13.2 Å². The van der Waals surface area contributed by atoms with Crippen molar-refractivity contribution in [3.8, 4) is 0 Å². The highest BCUT2D eigenvalue weighted by atomic mass is 19.4. The normalized spacial score (nSPS) is 32.8. The minimum absolute atomic E-state index is 0.245. The number of hydrogen-bond acceptors (Lipinski definition) is 1. The van der Waals surface area contributed by atoms with Crippen molar-refractivity contribution < 1.29 is 13.2 Å². The van der Waals surface area contributed by atoms with Crippen molar-refractivity contribution in [3.05, 3.63) is 0 Å². The summed E-state index contributed by atoms with van der Waals surface area (Å²) in [5.41, 5.74) is 6.28. The molecular formula is C15H26F3N. The van der Waals surface area contributed by atoms with E-state index in [-0.39, 0.29) is 18.4 Å². The quantitative estimate of drug-likeness (QED) is 0.730. The Hall–Kier alpha value is -0.250. The molecule has 4 heteroatoms. The summed E-state index contributed by atoms with van der Waals surface area (Å²) in [6.07, 6.45) is 5.29. The Morgan fingerprint density at radius 1 is 0.789 bits per heavy atom. The maximum atomic E-state index is 13.1. The standard InChI is InChI=1S/C15H26F3N/c16-15(17,18)13-10-6-5-9-12(13)14(19)11-7-3-1-2-4-8-11/h11-14H,1-10,19H2. The van der Waals surface area contributed by atoms with E-state index < -0.39 is 12.1 Å². The van der Waals surface area contributed by atoms with Gasteiger partial charge in [0, 0.05) is 6.04 Å². The van der Waals surface area contributed by atoms with Crippen molar-refractivity contribution in [1.82, 2.24) is 0 Å². The van der Waals surface area contributed by atoms with E-state index in [2.05, 4.69) is 0 Å². The summed E-state index contributed by atoms with van der Waals surface area (Å²) in [5, 5.41) is 0. The molecule has 2 N–H and O–H groups in total. The lowest BCUT2D eigenvalue weighted by atomic mass is 9.70. The van der Waals surface area contributed by atoms with Crippen LogP contribution in [0.5, 0.6) is 0 Å². The van der Waals surface area contributed by atoms with Crippen LogP contribution in [0.3, 0.4) is 0 Å². The Balaban J connectivity index is 2.03. The van der Waals surface area contributed by atoms with Gasteiger partial charge >= 0.3 is 6.18 Å². The SMILES string of the molecule is NC(C1CCCCCC1)C1CCCCC1C(F)(F)F. The fourth-order valence-electron chi connectivity index (χ4n) is 4.07. The van der Waals surface area contributed by atoms with E-state index in [0.717, 1.165) is 32.1 Å². The van der Waals surface area contributed by atoms with Gasteiger partial charge in [0.1, 0.15) is 0 Å². The van der Waals surface area contributed by atoms with Gasteiger partial charge in [0.05, 0.1) is 5.92 Å². The Morgan fingerprint density at radius 3 is 1.89 bits per heavy atom. The van der Waals surface area contributed by atoms with E-state index in [1.807, 2.05) is 0 Å². The molecule has 2 saturated carbocycles. The van der Waals surface area contributed by atoms with Crippen molar-refractivity contribution in [2.75, 3.05) is 0 Å². The molecular weight excluding hydrogens is 251 g/mol. The fraction of sp³-hybridized carbons (Fsp3) is 1.00. The molecule has 0 spiro atoms. The third-order valence-electron chi connectivity index (χ3n) is 5.18. The minimum Gasteiger partial charge on any atom is -0.327 e. The van der Waals surface area contributed by atoms with E-state index in [1.165, 1.54) is 12.8 Å². The summed E-state index contributed by atoms with van der Waals surface area (Å²) >= 11 is 0. The molecule has 0 aromatic heterocycles. The lowest BCUT2D eigenvalue weighted by Crippen LogP contribution is -2.46. The lowest BCUT2D eigenvalue weighted by Gasteiger charge is -2.39. The third-order valence-corrected chi connectivity index (χ3v) is 5.18. The number of hydrogen-bond donors (Lipinski definition) is 1. The second-order valence-corrected chi connectivity index (χ2v) is 6.43. The molecule has 0 aromatic carbocycles. The van der Waals surface area contributed by atoms with Crippen LogP contribution in [-0.2, 0) is 0 Å². The second-order valence-electron chi connectivity index (χ2n) is 6.43. The van der Waals surface area contributed by atoms with E-state index in [0.29, 0.717) is 18.8 Å². The van der Waals surface area contributed by atoms with E-state index in [4.69, 9.17) is 5.73 Å². The summed E-state index contributed by atoms with van der Waals surface area (Å²) < 4.78 is 39.4. The fourth-order valence-corrected chi connectivity index (χ4v) is 4.07. The lowest BCUT2D eigenvalue weighted by molar-refractivity contribution is -0.199. The number of halogens is 3. The molecule has 0 amide bonds. The highest BCUT2D eigenvalue weighted by molar-refractivity contribution is 4.90. The average molecular weight is 277 g/mol. The van der Waals surface area contributed by atoms with Crippen LogP contribution < -0.4 is 5.73 Å². The molecule has 0 radical (unpaired) electrons. The average Bonchev–Trinajstić information content (AvgIpc) is 2.66. The van der Waals surface area contributed by atoms with Gasteiger partial charge < -0.3 is 5.73 Å². The van der Waals surface area contributed by atoms with Gasteiger partial charge in [-0.3, -0.25) is 0 Å². The highest BCUT2D eigenvalue weighted by Crippen LogP contribution is 2.44. The molecule has 2 aliphatic rings. The van der Waals surface area contributed by atoms with Crippen LogP contribution >= 0.6 is 0 Å². The molecule has 3 atom stereocenters. The first-order valence-electron chi connectivity index (χ1n) is 7.82. The Kier molecular flexibility index (Phi) is 5.15. The molecule has 112 valence electrons. The molecule has 0 aliphatic heterocycles. The topological polar surface area (TPSA) is 26.0 Å². The predicted octanol–water partition coefficient (Wildman–Crippen LogP) is 4.65. The van der Waals surface area contributed by atoms with Gasteiger partial charge in [-0.15, -0.1) is 0 Å². The summed E-state index contributed by atoms with van der Waals surface area (Å²) in [6, 6.07) is -0.245. The van der Waals surface area contributed by atoms with Crippen molar-refractivity contribution >= 4 is 0 Å². The van der Waals surface area contributed by atoms with Crippen molar-refractivity contribution in [1.29, 1.82) is 0 Å². The Bertz CT molecular complexity index is 269. The van der Waals surface area contributed by atoms with Gasteiger partial charge in [0.15, 0.2) is 0 Å². The molecule has 19 heavy (non-hydrogen) atoms. The first-order chi connectivity index (χ1) is 9.00. The zero-order chi connectivity index (χ0) is 13.9. The van der Waals surface area contributed by atoms with Crippen LogP contribution in [0.4, 0.5) is 13.2 Å². The Labute approximate surface area is 114 Å². The van der Waals surface area contributed by atoms with Crippen molar-refractivity contribution in [2.45, 2.75) is 76.4 Å². The molecule has 0 heterocycles. The van der Waals surface area contributed by atoms with Crippen LogP contribution in [0.25, 0.3) is 0 Å². The first kappa shape index (κ1) is 15.1. The van der Waals surface area contributed by atoms with Gasteiger partial charge in [0.25, 0.3) is 0 Å². The van der Waals surface area contributed by atoms with Gasteiger partial charge in [-0.1, -0.05) is 38.5 Å². The summed E-state index contributed by atoms with van der Waals surface area (Å²) in [6.45, 7) is 0. The van der Waals surface area contributed by atoms with Crippen LogP contribution in [0.15, 0.2) is 0 Å². The van der Waals surface area contributed by atoms with Crippen molar-refractivity contribution in [3.63, 3.8) is 0 Å². The third kappa shape index (κ3) is 3.87. The minimum atomic E-state index is -4.06. The largest absolute Gasteiger partial charge is 0.392 e. The molecule has 0 bridgehead atoms. The van der Waals surface area contributed by atoms with E-state index in [1.54, 1.807) is 0 Å². The van der Waals surface area contributed by atoms with Crippen LogP contribution in [0.2, 0.25) is 0 Å². The summed E-state index contributed by atoms with van der Waals surface area (Å²) in [4.78, 5) is 0. The van der Waals surface area contributed by atoms with Crippen LogP contribution in [0.1, 0.15) is 64.2 Å². The molecule has 2 fully saturated rings. The molecule has 1 nitrogen and oxygen atoms in total. The van der Waals surface area contributed by atoms with Gasteiger partial charge in [-0.25, -0.2) is 0 Å². The van der Waals surface area contributed by atoms with Gasteiger partial charge in [-0.05, 0) is 37.5 Å². The first-order valence-corrected chi connectivity index (χ1v) is 7.82. The number of alkyl halides is 3. The van der Waals surface area contributed by atoms with Crippen LogP contribution in [-0.4, -0.2) is 12.2 Å². The molecule has 2 rings (SSSR count). The maximum absolute atomic E-state index is 13.1. The summed E-state index contributed by atoms with van der Waals surface area (Å²) in [5.74, 6) is -1.17. The molecule has 3 unspecified atom stereocenters. The summed E-state index contributed by atoms with van der Waals surface area (Å²) in [7, 11) is 0. The van der Waals surface area contributed by atoms with Crippen molar-refractivity contribution in [2.24, 2.45) is 23.5 Å². The second kappa shape index (κ2) is 6.47. The van der Waals surface area contributed by atoms with E-state index in [9.17, 15) is 13.2 Å². The zero-order valence-electron chi connectivity index (χ0n) is 11.6. The predicted molar refractivity (Wildman–Crippen MR) is 70.7 cm³/mol. The monoisotopic (exact) mass is 277 g/mol. The highest BCUT2D eigenvalue weighted by Gasteiger charge is 2.48. The zero-order valence-corrected chi connectivity index (χ0v) is 11.6. The molecule has 0 aromatic rings.